The van der Waals surface area contributed by atoms with Gasteiger partial charge in [-0.25, -0.2) is 17.5 Å². The Morgan fingerprint density at radius 2 is 2.10 bits per heavy atom. The molecule has 1 aromatic carbocycles. The maximum atomic E-state index is 13.5. The van der Waals surface area contributed by atoms with Gasteiger partial charge in [-0.3, -0.25) is 4.79 Å². The molecule has 3 N–H and O–H groups in total. The number of rotatable bonds is 6. The standard InChI is InChI=1S/C12H18FN3O3S/c1-3-16(2)12(17)8-15-20(18,19)11-6-4-5-10(13)9(11)7-14/h4-6,15H,3,7-8,14H2,1-2H3. The SMILES string of the molecule is CCN(C)C(=O)CNS(=O)(=O)c1cccc(F)c1CN. The van der Waals surface area contributed by atoms with E-state index in [4.69, 9.17) is 5.73 Å². The molecular formula is C12H18FN3O3S. The average Bonchev–Trinajstić information content (AvgIpc) is 2.43. The maximum Gasteiger partial charge on any atom is 0.241 e. The van der Waals surface area contributed by atoms with Gasteiger partial charge in [0, 0.05) is 25.7 Å². The summed E-state index contributed by atoms with van der Waals surface area (Å²) in [5.41, 5.74) is 5.27. The molecule has 0 atom stereocenters. The van der Waals surface area contributed by atoms with Crippen molar-refractivity contribution in [3.8, 4) is 0 Å². The molecule has 1 rings (SSSR count). The smallest absolute Gasteiger partial charge is 0.241 e. The summed E-state index contributed by atoms with van der Waals surface area (Å²) in [6.45, 7) is 1.61. The van der Waals surface area contributed by atoms with Crippen LogP contribution in [0, 0.1) is 5.82 Å². The Hall–Kier alpha value is -1.51. The van der Waals surface area contributed by atoms with Crippen molar-refractivity contribution in [2.45, 2.75) is 18.4 Å². The molecule has 0 aliphatic rings. The third kappa shape index (κ3) is 3.75. The van der Waals surface area contributed by atoms with E-state index in [-0.39, 0.29) is 29.5 Å². The lowest BCUT2D eigenvalue weighted by molar-refractivity contribution is -0.128. The van der Waals surface area contributed by atoms with Crippen LogP contribution in [0.1, 0.15) is 12.5 Å². The van der Waals surface area contributed by atoms with E-state index in [1.54, 1.807) is 14.0 Å². The fourth-order valence-corrected chi connectivity index (χ4v) is 2.77. The third-order valence-corrected chi connectivity index (χ3v) is 4.37. The van der Waals surface area contributed by atoms with E-state index >= 15 is 0 Å². The number of carbonyl (C=O) groups is 1. The normalized spacial score (nSPS) is 11.4. The van der Waals surface area contributed by atoms with Crippen molar-refractivity contribution in [2.24, 2.45) is 5.73 Å². The van der Waals surface area contributed by atoms with E-state index in [1.807, 2.05) is 0 Å². The van der Waals surface area contributed by atoms with E-state index in [2.05, 4.69) is 4.72 Å². The summed E-state index contributed by atoms with van der Waals surface area (Å²) in [4.78, 5) is 12.7. The second-order valence-electron chi connectivity index (χ2n) is 4.15. The summed E-state index contributed by atoms with van der Waals surface area (Å²) in [6, 6.07) is 3.67. The van der Waals surface area contributed by atoms with Crippen LogP contribution in [0.5, 0.6) is 0 Å². The predicted octanol–water partition coefficient (Wildman–Crippen LogP) is 0.0410. The number of hydrogen-bond acceptors (Lipinski definition) is 4. The number of sulfonamides is 1. The molecule has 0 spiro atoms. The molecule has 6 nitrogen and oxygen atoms in total. The first kappa shape index (κ1) is 16.5. The molecule has 20 heavy (non-hydrogen) atoms. The molecule has 0 bridgehead atoms. The van der Waals surface area contributed by atoms with Crippen LogP contribution >= 0.6 is 0 Å². The highest BCUT2D eigenvalue weighted by Gasteiger charge is 2.21. The van der Waals surface area contributed by atoms with Gasteiger partial charge in [-0.1, -0.05) is 6.07 Å². The summed E-state index contributed by atoms with van der Waals surface area (Å²) < 4.78 is 39.8. The quantitative estimate of drug-likeness (QED) is 0.776. The lowest BCUT2D eigenvalue weighted by atomic mass is 10.2. The number of nitrogens with one attached hydrogen (secondary N) is 1. The Labute approximate surface area is 117 Å². The Morgan fingerprint density at radius 3 is 2.65 bits per heavy atom. The zero-order chi connectivity index (χ0) is 15.3. The number of nitrogens with zero attached hydrogens (tertiary/aromatic N) is 1. The highest BCUT2D eigenvalue weighted by atomic mass is 32.2. The Morgan fingerprint density at radius 1 is 1.45 bits per heavy atom. The predicted molar refractivity (Wildman–Crippen MR) is 72.8 cm³/mol. The number of amides is 1. The van der Waals surface area contributed by atoms with E-state index in [0.717, 1.165) is 6.07 Å². The van der Waals surface area contributed by atoms with Crippen LogP contribution < -0.4 is 10.5 Å². The number of carbonyl (C=O) groups excluding carboxylic acids is 1. The van der Waals surface area contributed by atoms with Crippen molar-refractivity contribution in [3.05, 3.63) is 29.6 Å². The molecule has 0 saturated heterocycles. The van der Waals surface area contributed by atoms with Gasteiger partial charge in [0.25, 0.3) is 0 Å². The summed E-state index contributed by atoms with van der Waals surface area (Å²) in [5.74, 6) is -1.06. The fraction of sp³-hybridized carbons (Fsp3) is 0.417. The van der Waals surface area contributed by atoms with Crippen LogP contribution in [-0.2, 0) is 21.4 Å². The molecule has 0 fully saturated rings. The largest absolute Gasteiger partial charge is 0.345 e. The minimum atomic E-state index is -3.98. The summed E-state index contributed by atoms with van der Waals surface area (Å²) in [5, 5.41) is 0. The van der Waals surface area contributed by atoms with Gasteiger partial charge in [-0.2, -0.15) is 0 Å². The highest BCUT2D eigenvalue weighted by molar-refractivity contribution is 7.89. The van der Waals surface area contributed by atoms with Crippen molar-refractivity contribution in [3.63, 3.8) is 0 Å². The summed E-state index contributed by atoms with van der Waals surface area (Å²) in [6.07, 6.45) is 0. The highest BCUT2D eigenvalue weighted by Crippen LogP contribution is 2.18. The molecule has 8 heteroatoms. The number of nitrogens with two attached hydrogens (primary N) is 1. The van der Waals surface area contributed by atoms with E-state index in [9.17, 15) is 17.6 Å². The van der Waals surface area contributed by atoms with Crippen LogP contribution in [-0.4, -0.2) is 39.4 Å². The molecule has 1 aromatic rings. The molecule has 112 valence electrons. The lowest BCUT2D eigenvalue weighted by Crippen LogP contribution is -2.38. The molecular weight excluding hydrogens is 285 g/mol. The first-order valence-electron chi connectivity index (χ1n) is 6.04. The van der Waals surface area contributed by atoms with Crippen LogP contribution in [0.4, 0.5) is 4.39 Å². The maximum absolute atomic E-state index is 13.5. The molecule has 0 heterocycles. The van der Waals surface area contributed by atoms with Crippen molar-refractivity contribution < 1.29 is 17.6 Å². The van der Waals surface area contributed by atoms with Crippen molar-refractivity contribution in [1.29, 1.82) is 0 Å². The fourth-order valence-electron chi connectivity index (χ4n) is 1.53. The minimum absolute atomic E-state index is 0.101. The van der Waals surface area contributed by atoms with Crippen LogP contribution in [0.15, 0.2) is 23.1 Å². The molecule has 0 radical (unpaired) electrons. The van der Waals surface area contributed by atoms with Crippen LogP contribution in [0.2, 0.25) is 0 Å². The van der Waals surface area contributed by atoms with Gasteiger partial charge >= 0.3 is 0 Å². The average molecular weight is 303 g/mol. The molecule has 0 aliphatic carbocycles. The van der Waals surface area contributed by atoms with Gasteiger partial charge in [-0.15, -0.1) is 0 Å². The number of benzene rings is 1. The Balaban J connectivity index is 2.96. The molecule has 0 saturated carbocycles. The minimum Gasteiger partial charge on any atom is -0.345 e. The zero-order valence-electron chi connectivity index (χ0n) is 11.4. The van der Waals surface area contributed by atoms with Crippen LogP contribution in [0.25, 0.3) is 0 Å². The number of hydrogen-bond donors (Lipinski definition) is 2. The van der Waals surface area contributed by atoms with E-state index in [0.29, 0.717) is 6.54 Å². The molecule has 0 aliphatic heterocycles. The topological polar surface area (TPSA) is 92.5 Å². The van der Waals surface area contributed by atoms with Gasteiger partial charge in [0.2, 0.25) is 15.9 Å². The van der Waals surface area contributed by atoms with Gasteiger partial charge in [0.15, 0.2) is 0 Å². The number of likely N-dealkylation sites (N-methyl/N-ethyl adjacent to an activating group) is 1. The van der Waals surface area contributed by atoms with Crippen molar-refractivity contribution in [1.82, 2.24) is 9.62 Å². The summed E-state index contributed by atoms with van der Waals surface area (Å²) >= 11 is 0. The van der Waals surface area contributed by atoms with Gasteiger partial charge in [-0.05, 0) is 19.1 Å². The number of halogens is 1. The summed E-state index contributed by atoms with van der Waals surface area (Å²) in [7, 11) is -2.42. The van der Waals surface area contributed by atoms with Crippen LogP contribution in [0.3, 0.4) is 0 Å². The van der Waals surface area contributed by atoms with E-state index < -0.39 is 15.8 Å². The van der Waals surface area contributed by atoms with Gasteiger partial charge in [0.1, 0.15) is 5.82 Å². The Bertz CT molecular complexity index is 590. The molecule has 0 aromatic heterocycles. The first-order chi connectivity index (χ1) is 9.33. The second kappa shape index (κ2) is 6.78. The monoisotopic (exact) mass is 303 g/mol. The molecule has 0 unspecified atom stereocenters. The Kier molecular flexibility index (Phi) is 5.61. The third-order valence-electron chi connectivity index (χ3n) is 2.88. The van der Waals surface area contributed by atoms with Gasteiger partial charge < -0.3 is 10.6 Å². The molecule has 1 amide bonds. The second-order valence-corrected chi connectivity index (χ2v) is 5.89. The first-order valence-corrected chi connectivity index (χ1v) is 7.52. The lowest BCUT2D eigenvalue weighted by Gasteiger charge is -2.15. The zero-order valence-corrected chi connectivity index (χ0v) is 12.2. The van der Waals surface area contributed by atoms with Crippen molar-refractivity contribution in [2.75, 3.05) is 20.1 Å². The van der Waals surface area contributed by atoms with Crippen molar-refractivity contribution >= 4 is 15.9 Å². The van der Waals surface area contributed by atoms with E-state index in [1.165, 1.54) is 17.0 Å². The van der Waals surface area contributed by atoms with Gasteiger partial charge in [0.05, 0.1) is 11.4 Å².